The van der Waals surface area contributed by atoms with Gasteiger partial charge in [-0.25, -0.2) is 0 Å². The Morgan fingerprint density at radius 1 is 1.09 bits per heavy atom. The van der Waals surface area contributed by atoms with Gasteiger partial charge < -0.3 is 10.1 Å². The Bertz CT molecular complexity index is 1320. The number of nitrogens with one attached hydrogen (secondary N) is 1. The summed E-state index contributed by atoms with van der Waals surface area (Å²) in [7, 11) is 1.63. The second-order valence-electron chi connectivity index (χ2n) is 10.7. The molecule has 178 valence electrons. The first-order chi connectivity index (χ1) is 16.4. The number of amides is 1. The Balaban J connectivity index is 1.09. The van der Waals surface area contributed by atoms with Gasteiger partial charge in [0.1, 0.15) is 6.54 Å². The summed E-state index contributed by atoms with van der Waals surface area (Å²) in [5, 5.41) is 11.5. The lowest BCUT2D eigenvalue weighted by molar-refractivity contribution is -0.146. The van der Waals surface area contributed by atoms with Crippen molar-refractivity contribution in [1.29, 1.82) is 0 Å². The van der Waals surface area contributed by atoms with Gasteiger partial charge in [-0.2, -0.15) is 0 Å². The predicted octanol–water partition coefficient (Wildman–Crippen LogP) is 2.35. The number of carbonyl (C=O) groups is 2. The van der Waals surface area contributed by atoms with Crippen LogP contribution in [0.2, 0.25) is 0 Å². The summed E-state index contributed by atoms with van der Waals surface area (Å²) < 4.78 is 8.53. The number of nitrogens with zero attached hydrogens (tertiary/aromatic N) is 4. The molecule has 9 heteroatoms. The number of benzene rings is 1. The first-order valence-corrected chi connectivity index (χ1v) is 12.1. The number of para-hydroxylation sites is 1. The quantitative estimate of drug-likeness (QED) is 0.563. The Kier molecular flexibility index (Phi) is 4.97. The van der Waals surface area contributed by atoms with Crippen LogP contribution >= 0.6 is 0 Å². The number of hydrogen-bond donors (Lipinski definition) is 1. The molecule has 4 aliphatic rings. The lowest BCUT2D eigenvalue weighted by Crippen LogP contribution is -2.48. The molecule has 0 spiro atoms. The Morgan fingerprint density at radius 2 is 1.76 bits per heavy atom. The average molecular weight is 464 g/mol. The molecule has 4 saturated carbocycles. The molecule has 4 bridgehead atoms. The molecule has 2 heterocycles. The van der Waals surface area contributed by atoms with Crippen molar-refractivity contribution < 1.29 is 14.3 Å². The minimum absolute atomic E-state index is 0.0622. The highest BCUT2D eigenvalue weighted by Crippen LogP contribution is 2.61. The highest BCUT2D eigenvalue weighted by Gasteiger charge is 2.51. The second kappa shape index (κ2) is 7.92. The highest BCUT2D eigenvalue weighted by atomic mass is 16.5. The number of hydrogen-bond acceptors (Lipinski definition) is 6. The molecular formula is C25H29N5O4. The van der Waals surface area contributed by atoms with Crippen LogP contribution in [-0.2, 0) is 28.0 Å². The third-order valence-electron chi connectivity index (χ3n) is 8.19. The number of ether oxygens (including phenoxy) is 1. The van der Waals surface area contributed by atoms with Gasteiger partial charge >= 0.3 is 5.97 Å². The van der Waals surface area contributed by atoms with Crippen molar-refractivity contribution in [3.63, 3.8) is 0 Å². The zero-order valence-electron chi connectivity index (χ0n) is 19.3. The van der Waals surface area contributed by atoms with Gasteiger partial charge in [-0.15, -0.1) is 10.2 Å². The van der Waals surface area contributed by atoms with Crippen molar-refractivity contribution in [1.82, 2.24) is 24.5 Å². The maximum atomic E-state index is 12.7. The van der Waals surface area contributed by atoms with E-state index in [1.165, 1.54) is 23.8 Å². The summed E-state index contributed by atoms with van der Waals surface area (Å²) in [6.45, 7) is -0.270. The molecule has 0 unspecified atom stereocenters. The molecule has 0 saturated heterocycles. The fourth-order valence-corrected chi connectivity index (χ4v) is 7.26. The summed E-state index contributed by atoms with van der Waals surface area (Å²) >= 11 is 0. The normalized spacial score (nSPS) is 27.4. The number of esters is 1. The lowest BCUT2D eigenvalue weighted by Gasteiger charge is -2.56. The van der Waals surface area contributed by atoms with E-state index in [0.717, 1.165) is 37.0 Å². The van der Waals surface area contributed by atoms with Crippen LogP contribution in [0.3, 0.4) is 0 Å². The van der Waals surface area contributed by atoms with E-state index in [9.17, 15) is 14.4 Å². The van der Waals surface area contributed by atoms with Crippen LogP contribution in [0, 0.1) is 23.2 Å². The molecule has 4 aliphatic carbocycles. The molecule has 1 N–H and O–H groups in total. The third kappa shape index (κ3) is 3.58. The maximum Gasteiger partial charge on any atom is 0.325 e. The van der Waals surface area contributed by atoms with Crippen LogP contribution in [0.15, 0.2) is 29.1 Å². The van der Waals surface area contributed by atoms with Crippen molar-refractivity contribution in [2.24, 2.45) is 30.2 Å². The van der Waals surface area contributed by atoms with Crippen molar-refractivity contribution in [2.45, 2.75) is 51.6 Å². The molecule has 9 nitrogen and oxygen atoms in total. The van der Waals surface area contributed by atoms with Gasteiger partial charge in [-0.1, -0.05) is 12.1 Å². The summed E-state index contributed by atoms with van der Waals surface area (Å²) in [5.41, 5.74) is 0.626. The summed E-state index contributed by atoms with van der Waals surface area (Å²) in [4.78, 5) is 37.6. The van der Waals surface area contributed by atoms with Crippen LogP contribution in [-0.4, -0.2) is 37.6 Å². The predicted molar refractivity (Wildman–Crippen MR) is 124 cm³/mol. The van der Waals surface area contributed by atoms with Crippen LogP contribution in [0.1, 0.15) is 50.8 Å². The first-order valence-electron chi connectivity index (χ1n) is 12.1. The van der Waals surface area contributed by atoms with Gasteiger partial charge in [0.25, 0.3) is 5.56 Å². The first kappa shape index (κ1) is 21.3. The Morgan fingerprint density at radius 3 is 2.47 bits per heavy atom. The smallest absolute Gasteiger partial charge is 0.325 e. The van der Waals surface area contributed by atoms with E-state index in [4.69, 9.17) is 4.74 Å². The van der Waals surface area contributed by atoms with E-state index in [1.807, 2.05) is 12.1 Å². The minimum atomic E-state index is -0.523. The molecule has 0 atom stereocenters. The van der Waals surface area contributed by atoms with E-state index >= 15 is 0 Å². The minimum Gasteiger partial charge on any atom is -0.456 e. The van der Waals surface area contributed by atoms with Crippen molar-refractivity contribution in [3.8, 4) is 0 Å². The van der Waals surface area contributed by atoms with Crippen molar-refractivity contribution in [2.75, 3.05) is 6.54 Å². The summed E-state index contributed by atoms with van der Waals surface area (Å²) in [6.07, 6.45) is 8.02. The molecule has 7 rings (SSSR count). The van der Waals surface area contributed by atoms with E-state index in [1.54, 1.807) is 23.6 Å². The number of aryl methyl sites for hydroxylation is 1. The third-order valence-corrected chi connectivity index (χ3v) is 8.19. The standard InChI is InChI=1S/C25H29N5O4/c1-29-23(33)18-4-2-3-5-19(18)30-20(27-28-24(29)30)14-34-22(32)13-26-21(31)12-25-9-15-6-16(10-25)8-17(7-15)11-25/h2-5,15-17H,6-14H2,1H3,(H,26,31). The number of aromatic nitrogens is 4. The topological polar surface area (TPSA) is 108 Å². The number of carbonyl (C=O) groups excluding carboxylic acids is 2. The molecule has 1 amide bonds. The fourth-order valence-electron chi connectivity index (χ4n) is 7.26. The molecule has 34 heavy (non-hydrogen) atoms. The highest BCUT2D eigenvalue weighted by molar-refractivity contribution is 5.82. The van der Waals surface area contributed by atoms with Crippen LogP contribution < -0.4 is 10.9 Å². The van der Waals surface area contributed by atoms with E-state index in [0.29, 0.717) is 28.9 Å². The Hall–Kier alpha value is -3.23. The van der Waals surface area contributed by atoms with Gasteiger partial charge in [0, 0.05) is 13.5 Å². The number of fused-ring (bicyclic) bond motifs is 3. The van der Waals surface area contributed by atoms with Crippen molar-refractivity contribution >= 4 is 28.6 Å². The van der Waals surface area contributed by atoms with Gasteiger partial charge in [-0.05, 0) is 73.8 Å². The maximum absolute atomic E-state index is 12.7. The fraction of sp³-hybridized carbons (Fsp3) is 0.560. The van der Waals surface area contributed by atoms with Crippen LogP contribution in [0.4, 0.5) is 0 Å². The van der Waals surface area contributed by atoms with E-state index in [2.05, 4.69) is 15.5 Å². The zero-order valence-corrected chi connectivity index (χ0v) is 19.3. The molecule has 3 aromatic rings. The van der Waals surface area contributed by atoms with E-state index < -0.39 is 5.97 Å². The molecule has 2 aromatic heterocycles. The zero-order chi connectivity index (χ0) is 23.4. The lowest BCUT2D eigenvalue weighted by atomic mass is 9.49. The summed E-state index contributed by atoms with van der Waals surface area (Å²) in [6, 6.07) is 7.18. The van der Waals surface area contributed by atoms with Gasteiger partial charge in [0.05, 0.1) is 10.9 Å². The van der Waals surface area contributed by atoms with Gasteiger partial charge in [0.15, 0.2) is 12.4 Å². The number of rotatable bonds is 6. The Labute approximate surface area is 196 Å². The van der Waals surface area contributed by atoms with Crippen molar-refractivity contribution in [3.05, 3.63) is 40.4 Å². The van der Waals surface area contributed by atoms with Crippen LogP contribution in [0.5, 0.6) is 0 Å². The monoisotopic (exact) mass is 463 g/mol. The van der Waals surface area contributed by atoms with Crippen LogP contribution in [0.25, 0.3) is 16.7 Å². The molecule has 4 fully saturated rings. The SMILES string of the molecule is Cn1c(=O)c2ccccc2n2c(COC(=O)CNC(=O)CC34CC5CC(CC(C5)C3)C4)nnc12. The second-order valence-corrected chi connectivity index (χ2v) is 10.7. The van der Waals surface area contributed by atoms with E-state index in [-0.39, 0.29) is 30.0 Å². The molecule has 0 radical (unpaired) electrons. The molecule has 0 aliphatic heterocycles. The average Bonchev–Trinajstić information content (AvgIpc) is 3.23. The van der Waals surface area contributed by atoms with Gasteiger partial charge in [0.2, 0.25) is 11.7 Å². The van der Waals surface area contributed by atoms with Gasteiger partial charge in [-0.3, -0.25) is 23.4 Å². The molecular weight excluding hydrogens is 434 g/mol. The summed E-state index contributed by atoms with van der Waals surface area (Å²) in [5.74, 6) is 2.57. The molecule has 1 aromatic carbocycles. The largest absolute Gasteiger partial charge is 0.456 e.